The molecule has 1 aromatic carbocycles. The van der Waals surface area contributed by atoms with Gasteiger partial charge in [0, 0.05) is 0 Å². The van der Waals surface area contributed by atoms with Gasteiger partial charge in [-0.25, -0.2) is 0 Å². The van der Waals surface area contributed by atoms with Gasteiger partial charge in [-0.15, -0.1) is 0 Å². The van der Waals surface area contributed by atoms with E-state index in [0.29, 0.717) is 5.41 Å². The first kappa shape index (κ1) is 10.7. The number of hydrogen-bond donors (Lipinski definition) is 0. The standard InChI is InChI=1S/C15H21/c1-14(2,3)12-7-6-11-8-9-15(4,5)13(11)10-12/h7,10H,8-9H2,1-5H3. The van der Waals surface area contributed by atoms with Crippen LogP contribution >= 0.6 is 0 Å². The van der Waals surface area contributed by atoms with Crippen molar-refractivity contribution in [1.82, 2.24) is 0 Å². The molecule has 0 aromatic heterocycles. The van der Waals surface area contributed by atoms with Crippen molar-refractivity contribution in [3.8, 4) is 0 Å². The molecule has 1 aliphatic rings. The first-order valence-electron chi connectivity index (χ1n) is 5.86. The van der Waals surface area contributed by atoms with Crippen molar-refractivity contribution in [2.24, 2.45) is 0 Å². The Balaban J connectivity index is 2.51. The maximum Gasteiger partial charge on any atom is -0.00973 e. The van der Waals surface area contributed by atoms with E-state index >= 15 is 0 Å². The molecule has 81 valence electrons. The van der Waals surface area contributed by atoms with E-state index < -0.39 is 0 Å². The fourth-order valence-electron chi connectivity index (χ4n) is 2.34. The fraction of sp³-hybridized carbons (Fsp3) is 0.600. The van der Waals surface area contributed by atoms with Crippen molar-refractivity contribution in [3.63, 3.8) is 0 Å². The minimum Gasteiger partial charge on any atom is -0.0561 e. The highest BCUT2D eigenvalue weighted by atomic mass is 14.3. The number of benzene rings is 1. The summed E-state index contributed by atoms with van der Waals surface area (Å²) >= 11 is 0. The van der Waals surface area contributed by atoms with Gasteiger partial charge in [-0.1, -0.05) is 46.8 Å². The van der Waals surface area contributed by atoms with Crippen LogP contribution in [-0.2, 0) is 17.3 Å². The molecule has 1 aliphatic carbocycles. The Hall–Kier alpha value is -0.780. The van der Waals surface area contributed by atoms with Crippen molar-refractivity contribution in [1.29, 1.82) is 0 Å². The van der Waals surface area contributed by atoms with Crippen LogP contribution in [0.1, 0.15) is 57.7 Å². The van der Waals surface area contributed by atoms with Crippen molar-refractivity contribution in [2.75, 3.05) is 0 Å². The Morgan fingerprint density at radius 1 is 1.27 bits per heavy atom. The smallest absolute Gasteiger partial charge is 0.00973 e. The van der Waals surface area contributed by atoms with Gasteiger partial charge < -0.3 is 0 Å². The summed E-state index contributed by atoms with van der Waals surface area (Å²) in [6, 6.07) is 8.06. The third-order valence-corrected chi connectivity index (χ3v) is 3.62. The molecule has 0 fully saturated rings. The van der Waals surface area contributed by atoms with Crippen LogP contribution in [0, 0.1) is 6.07 Å². The maximum atomic E-state index is 3.48. The number of aryl methyl sites for hydroxylation is 1. The van der Waals surface area contributed by atoms with Crippen LogP contribution < -0.4 is 0 Å². The highest BCUT2D eigenvalue weighted by Crippen LogP contribution is 2.39. The average Bonchev–Trinajstić information content (AvgIpc) is 2.41. The Kier molecular flexibility index (Phi) is 2.22. The van der Waals surface area contributed by atoms with Gasteiger partial charge >= 0.3 is 0 Å². The summed E-state index contributed by atoms with van der Waals surface area (Å²) in [6.45, 7) is 11.5. The van der Waals surface area contributed by atoms with Crippen molar-refractivity contribution in [3.05, 3.63) is 34.9 Å². The van der Waals surface area contributed by atoms with Gasteiger partial charge in [0.05, 0.1) is 0 Å². The molecule has 0 bridgehead atoms. The third kappa shape index (κ3) is 1.82. The van der Waals surface area contributed by atoms with E-state index in [1.54, 1.807) is 0 Å². The molecule has 15 heavy (non-hydrogen) atoms. The predicted molar refractivity (Wildman–Crippen MR) is 65.3 cm³/mol. The van der Waals surface area contributed by atoms with Gasteiger partial charge in [0.15, 0.2) is 0 Å². The summed E-state index contributed by atoms with van der Waals surface area (Å²) in [7, 11) is 0. The molecule has 0 nitrogen and oxygen atoms in total. The first-order chi connectivity index (χ1) is 6.81. The topological polar surface area (TPSA) is 0 Å². The van der Waals surface area contributed by atoms with Crippen molar-refractivity contribution in [2.45, 2.75) is 58.3 Å². The van der Waals surface area contributed by atoms with Crippen LogP contribution in [0.2, 0.25) is 0 Å². The maximum absolute atomic E-state index is 3.48. The quantitative estimate of drug-likeness (QED) is 0.595. The lowest BCUT2D eigenvalue weighted by atomic mass is 9.81. The van der Waals surface area contributed by atoms with Crippen molar-refractivity contribution < 1.29 is 0 Å². The lowest BCUT2D eigenvalue weighted by Gasteiger charge is -2.24. The molecule has 0 unspecified atom stereocenters. The van der Waals surface area contributed by atoms with Gasteiger partial charge in [0.2, 0.25) is 0 Å². The van der Waals surface area contributed by atoms with Crippen LogP contribution in [0.5, 0.6) is 0 Å². The second kappa shape index (κ2) is 3.10. The Labute approximate surface area is 93.7 Å². The lowest BCUT2D eigenvalue weighted by molar-refractivity contribution is 0.519. The van der Waals surface area contributed by atoms with Crippen LogP contribution in [0.3, 0.4) is 0 Å². The Morgan fingerprint density at radius 3 is 2.53 bits per heavy atom. The molecule has 0 heteroatoms. The molecule has 0 amide bonds. The number of hydrogen-bond acceptors (Lipinski definition) is 0. The highest BCUT2D eigenvalue weighted by Gasteiger charge is 2.30. The fourth-order valence-corrected chi connectivity index (χ4v) is 2.34. The van der Waals surface area contributed by atoms with Crippen LogP contribution in [0.25, 0.3) is 0 Å². The normalized spacial score (nSPS) is 19.0. The summed E-state index contributed by atoms with van der Waals surface area (Å²) < 4.78 is 0. The lowest BCUT2D eigenvalue weighted by Crippen LogP contribution is -2.16. The summed E-state index contributed by atoms with van der Waals surface area (Å²) in [5.74, 6) is 0. The average molecular weight is 201 g/mol. The molecule has 1 aromatic rings. The van der Waals surface area contributed by atoms with Crippen LogP contribution in [0.4, 0.5) is 0 Å². The van der Waals surface area contributed by atoms with Gasteiger partial charge in [0.25, 0.3) is 0 Å². The molecule has 1 radical (unpaired) electrons. The van der Waals surface area contributed by atoms with E-state index in [2.05, 4.69) is 52.8 Å². The second-order valence-electron chi connectivity index (χ2n) is 6.41. The molecule has 0 atom stereocenters. The van der Waals surface area contributed by atoms with E-state index in [0.717, 1.165) is 0 Å². The monoisotopic (exact) mass is 201 g/mol. The van der Waals surface area contributed by atoms with Crippen LogP contribution in [-0.4, -0.2) is 0 Å². The minimum absolute atomic E-state index is 0.240. The molecule has 0 N–H and O–H groups in total. The van der Waals surface area contributed by atoms with Gasteiger partial charge in [-0.2, -0.15) is 0 Å². The Bertz CT molecular complexity index is 378. The van der Waals surface area contributed by atoms with E-state index in [-0.39, 0.29) is 5.41 Å². The minimum atomic E-state index is 0.240. The van der Waals surface area contributed by atoms with E-state index in [9.17, 15) is 0 Å². The van der Waals surface area contributed by atoms with Crippen LogP contribution in [0.15, 0.2) is 12.1 Å². The molecular formula is C15H21. The van der Waals surface area contributed by atoms with E-state index in [1.165, 1.54) is 29.5 Å². The molecule has 0 spiro atoms. The SMILES string of the molecule is CC(C)(C)c1c[c]c2c(c1)C(C)(C)CC2. The van der Waals surface area contributed by atoms with E-state index in [4.69, 9.17) is 0 Å². The zero-order chi connectivity index (χ0) is 11.3. The summed E-state index contributed by atoms with van der Waals surface area (Å²) in [5.41, 5.74) is 4.97. The van der Waals surface area contributed by atoms with E-state index in [1.807, 2.05) is 0 Å². The molecule has 0 heterocycles. The molecule has 0 aliphatic heterocycles. The van der Waals surface area contributed by atoms with Crippen molar-refractivity contribution >= 4 is 0 Å². The van der Waals surface area contributed by atoms with Gasteiger partial charge in [-0.05, 0) is 46.4 Å². The largest absolute Gasteiger partial charge is 0.0561 e. The Morgan fingerprint density at radius 2 is 1.93 bits per heavy atom. The zero-order valence-electron chi connectivity index (χ0n) is 10.6. The number of rotatable bonds is 0. The summed E-state index contributed by atoms with van der Waals surface area (Å²) in [5, 5.41) is 0. The predicted octanol–water partition coefficient (Wildman–Crippen LogP) is 4.01. The molecule has 0 saturated carbocycles. The molecular weight excluding hydrogens is 180 g/mol. The second-order valence-corrected chi connectivity index (χ2v) is 6.41. The number of fused-ring (bicyclic) bond motifs is 1. The zero-order valence-corrected chi connectivity index (χ0v) is 10.6. The highest BCUT2D eigenvalue weighted by molar-refractivity contribution is 5.42. The summed E-state index contributed by atoms with van der Waals surface area (Å²) in [4.78, 5) is 0. The third-order valence-electron chi connectivity index (χ3n) is 3.62. The molecule has 0 saturated heterocycles. The summed E-state index contributed by atoms with van der Waals surface area (Å²) in [6.07, 6.45) is 2.47. The van der Waals surface area contributed by atoms with Gasteiger partial charge in [-0.3, -0.25) is 0 Å². The van der Waals surface area contributed by atoms with Gasteiger partial charge in [0.1, 0.15) is 0 Å². The first-order valence-corrected chi connectivity index (χ1v) is 5.86. The molecule has 2 rings (SSSR count).